The number of piperazine rings is 1. The van der Waals surface area contributed by atoms with Gasteiger partial charge in [-0.2, -0.15) is 4.98 Å². The Balaban J connectivity index is 1.00. The van der Waals surface area contributed by atoms with Crippen LogP contribution in [0.3, 0.4) is 0 Å². The Kier molecular flexibility index (Phi) is 5.75. The zero-order valence-corrected chi connectivity index (χ0v) is 21.8. The molecular formula is C29H39N7O. The number of rotatable bonds is 7. The zero-order valence-electron chi connectivity index (χ0n) is 21.8. The molecule has 2 unspecified atom stereocenters. The third-order valence-electron chi connectivity index (χ3n) is 9.63. The lowest BCUT2D eigenvalue weighted by atomic mass is 9.47. The number of carbonyl (C=O) groups excluding carboxylic acids is 1. The molecule has 2 heterocycles. The Hall–Kier alpha value is -2.87. The van der Waals surface area contributed by atoms with E-state index in [2.05, 4.69) is 62.0 Å². The van der Waals surface area contributed by atoms with Crippen LogP contribution >= 0.6 is 0 Å². The van der Waals surface area contributed by atoms with Gasteiger partial charge in [0.1, 0.15) is 5.82 Å². The van der Waals surface area contributed by atoms with Gasteiger partial charge in [0, 0.05) is 55.8 Å². The molecule has 1 aliphatic heterocycles. The van der Waals surface area contributed by atoms with Crippen molar-refractivity contribution >= 4 is 29.0 Å². The minimum Gasteiger partial charge on any atom is -0.369 e. The van der Waals surface area contributed by atoms with Gasteiger partial charge in [-0.1, -0.05) is 0 Å². The molecule has 5 saturated carbocycles. The molecule has 37 heavy (non-hydrogen) atoms. The molecule has 6 aliphatic rings. The molecule has 8 nitrogen and oxygen atoms in total. The van der Waals surface area contributed by atoms with Crippen molar-refractivity contribution in [2.75, 3.05) is 48.8 Å². The van der Waals surface area contributed by atoms with Gasteiger partial charge >= 0.3 is 0 Å². The molecule has 1 aromatic heterocycles. The molecule has 8 rings (SSSR count). The van der Waals surface area contributed by atoms with Gasteiger partial charge in [0.05, 0.1) is 5.41 Å². The molecule has 5 aliphatic carbocycles. The van der Waals surface area contributed by atoms with E-state index in [0.29, 0.717) is 41.7 Å². The lowest BCUT2D eigenvalue weighted by molar-refractivity contribution is -0.147. The second kappa shape index (κ2) is 9.15. The van der Waals surface area contributed by atoms with Gasteiger partial charge in [-0.05, 0) is 100 Å². The van der Waals surface area contributed by atoms with Crippen molar-refractivity contribution in [1.29, 1.82) is 0 Å². The van der Waals surface area contributed by atoms with Crippen molar-refractivity contribution in [3.8, 4) is 0 Å². The maximum atomic E-state index is 13.2. The number of likely N-dealkylation sites (N-methyl/N-ethyl adjacent to an activating group) is 1. The maximum absolute atomic E-state index is 13.2. The summed E-state index contributed by atoms with van der Waals surface area (Å²) in [5.74, 6) is 3.63. The normalized spacial score (nSPS) is 32.8. The van der Waals surface area contributed by atoms with Crippen molar-refractivity contribution in [2.45, 2.75) is 57.0 Å². The average Bonchev–Trinajstić information content (AvgIpc) is 3.71. The second-order valence-corrected chi connectivity index (χ2v) is 12.4. The number of nitrogens with zero attached hydrogens (tertiary/aromatic N) is 4. The van der Waals surface area contributed by atoms with E-state index >= 15 is 0 Å². The highest BCUT2D eigenvalue weighted by Gasteiger charge is 2.58. The number of amides is 1. The van der Waals surface area contributed by atoms with Crippen LogP contribution < -0.4 is 20.9 Å². The highest BCUT2D eigenvalue weighted by Crippen LogP contribution is 2.60. The van der Waals surface area contributed by atoms with Crippen molar-refractivity contribution in [3.63, 3.8) is 0 Å². The van der Waals surface area contributed by atoms with Crippen LogP contribution in [0.25, 0.3) is 0 Å². The maximum Gasteiger partial charge on any atom is 0.229 e. The van der Waals surface area contributed by atoms with E-state index < -0.39 is 0 Å². The van der Waals surface area contributed by atoms with E-state index in [1.807, 2.05) is 12.3 Å². The van der Waals surface area contributed by atoms with Crippen LogP contribution in [-0.4, -0.2) is 66.1 Å². The van der Waals surface area contributed by atoms with Crippen LogP contribution in [0.1, 0.15) is 44.9 Å². The van der Waals surface area contributed by atoms with Crippen molar-refractivity contribution in [3.05, 3.63) is 36.5 Å². The lowest BCUT2D eigenvalue weighted by Crippen LogP contribution is -2.60. The van der Waals surface area contributed by atoms with Crippen LogP contribution in [0.15, 0.2) is 36.5 Å². The first kappa shape index (κ1) is 23.3. The SMILES string of the molecule is CN1CCN(c2ccc(Nc3nccc(NC4C5CC6CC4CC(C(=O)NC4CC4)(C6)C5)n3)cc2)CC1. The standard InChI is InChI=1S/C29H39N7O/c1-35-10-12-36(13-11-35)24-6-4-23(5-7-24)32-28-30-9-8-25(34-28)33-26-20-14-19-15-21(26)18-29(16-19,17-20)27(37)31-22-2-3-22/h4-9,19-22,26H,2-3,10-18H2,1H3,(H,31,37)(H2,30,32,33,34). The van der Waals surface area contributed by atoms with Crippen LogP contribution in [0.4, 0.5) is 23.1 Å². The zero-order chi connectivity index (χ0) is 25.0. The summed E-state index contributed by atoms with van der Waals surface area (Å²) in [6.45, 7) is 4.34. The number of hydrogen-bond donors (Lipinski definition) is 3. The fraction of sp³-hybridized carbons (Fsp3) is 0.621. The second-order valence-electron chi connectivity index (χ2n) is 12.4. The first-order valence-corrected chi connectivity index (χ1v) is 14.2. The van der Waals surface area contributed by atoms with Crippen LogP contribution in [0.2, 0.25) is 0 Å². The third kappa shape index (κ3) is 4.65. The Morgan fingerprint density at radius 3 is 2.41 bits per heavy atom. The summed E-state index contributed by atoms with van der Waals surface area (Å²) < 4.78 is 0. The van der Waals surface area contributed by atoms with E-state index in [9.17, 15) is 4.79 Å². The summed E-state index contributed by atoms with van der Waals surface area (Å²) in [5, 5.41) is 10.5. The van der Waals surface area contributed by atoms with Crippen LogP contribution in [-0.2, 0) is 4.79 Å². The van der Waals surface area contributed by atoms with E-state index in [-0.39, 0.29) is 5.41 Å². The summed E-state index contributed by atoms with van der Waals surface area (Å²) in [7, 11) is 2.18. The average molecular weight is 502 g/mol. The molecule has 2 atom stereocenters. The quantitative estimate of drug-likeness (QED) is 0.531. The number of aromatic nitrogens is 2. The molecule has 0 spiro atoms. The number of carbonyl (C=O) groups is 1. The smallest absolute Gasteiger partial charge is 0.229 e. The number of nitrogens with one attached hydrogen (secondary N) is 3. The molecule has 6 fully saturated rings. The molecule has 4 bridgehead atoms. The van der Waals surface area contributed by atoms with Crippen LogP contribution in [0, 0.1) is 23.2 Å². The largest absolute Gasteiger partial charge is 0.369 e. The molecular weight excluding hydrogens is 462 g/mol. The van der Waals surface area contributed by atoms with E-state index in [4.69, 9.17) is 4.98 Å². The van der Waals surface area contributed by atoms with Gasteiger partial charge < -0.3 is 25.8 Å². The molecule has 1 aromatic carbocycles. The topological polar surface area (TPSA) is 85.4 Å². The number of anilines is 4. The summed E-state index contributed by atoms with van der Waals surface area (Å²) >= 11 is 0. The monoisotopic (exact) mass is 501 g/mol. The molecule has 196 valence electrons. The minimum absolute atomic E-state index is 0.119. The van der Waals surface area contributed by atoms with Gasteiger partial charge in [-0.25, -0.2) is 4.98 Å². The van der Waals surface area contributed by atoms with Crippen molar-refractivity contribution < 1.29 is 4.79 Å². The van der Waals surface area contributed by atoms with Crippen molar-refractivity contribution in [2.24, 2.45) is 23.2 Å². The van der Waals surface area contributed by atoms with Gasteiger partial charge in [0.25, 0.3) is 0 Å². The fourth-order valence-electron chi connectivity index (χ4n) is 7.72. The summed E-state index contributed by atoms with van der Waals surface area (Å²) in [6.07, 6.45) is 9.76. The molecule has 8 heteroatoms. The van der Waals surface area contributed by atoms with Gasteiger partial charge in [0.15, 0.2) is 0 Å². The molecule has 1 saturated heterocycles. The molecule has 0 radical (unpaired) electrons. The molecule has 2 aromatic rings. The predicted octanol–water partition coefficient (Wildman–Crippen LogP) is 3.86. The highest BCUT2D eigenvalue weighted by molar-refractivity contribution is 5.83. The van der Waals surface area contributed by atoms with Gasteiger partial charge in [-0.15, -0.1) is 0 Å². The first-order valence-electron chi connectivity index (χ1n) is 14.2. The van der Waals surface area contributed by atoms with Gasteiger partial charge in [-0.3, -0.25) is 4.79 Å². The van der Waals surface area contributed by atoms with E-state index in [1.165, 1.54) is 18.5 Å². The van der Waals surface area contributed by atoms with Crippen molar-refractivity contribution in [1.82, 2.24) is 20.2 Å². The number of benzene rings is 1. The number of hydrogen-bond acceptors (Lipinski definition) is 7. The van der Waals surface area contributed by atoms with E-state index in [0.717, 1.165) is 69.8 Å². The van der Waals surface area contributed by atoms with Gasteiger partial charge in [0.2, 0.25) is 11.9 Å². The minimum atomic E-state index is -0.119. The first-order chi connectivity index (χ1) is 18.0. The Morgan fingerprint density at radius 1 is 0.973 bits per heavy atom. The summed E-state index contributed by atoms with van der Waals surface area (Å²) in [6, 6.07) is 11.4. The Labute approximate surface area is 219 Å². The summed E-state index contributed by atoms with van der Waals surface area (Å²) in [4.78, 5) is 27.3. The predicted molar refractivity (Wildman–Crippen MR) is 146 cm³/mol. The molecule has 3 N–H and O–H groups in total. The Morgan fingerprint density at radius 2 is 1.70 bits per heavy atom. The fourth-order valence-corrected chi connectivity index (χ4v) is 7.72. The van der Waals surface area contributed by atoms with E-state index in [1.54, 1.807) is 0 Å². The Bertz CT molecular complexity index is 1130. The van der Waals surface area contributed by atoms with Crippen LogP contribution in [0.5, 0.6) is 0 Å². The third-order valence-corrected chi connectivity index (χ3v) is 9.63. The summed E-state index contributed by atoms with van der Waals surface area (Å²) in [5.41, 5.74) is 2.14. The lowest BCUT2D eigenvalue weighted by Gasteiger charge is -2.59. The molecule has 1 amide bonds. The highest BCUT2D eigenvalue weighted by atomic mass is 16.2.